The first-order valence-corrected chi connectivity index (χ1v) is 18.7. The van der Waals surface area contributed by atoms with Gasteiger partial charge in [-0.3, -0.25) is 0 Å². The van der Waals surface area contributed by atoms with Gasteiger partial charge in [-0.1, -0.05) is 194 Å². The molecule has 0 spiro atoms. The van der Waals surface area contributed by atoms with Crippen molar-refractivity contribution in [1.29, 1.82) is 0 Å². The van der Waals surface area contributed by atoms with E-state index in [-0.39, 0.29) is 0 Å². The molecule has 0 amide bonds. The average Bonchev–Trinajstić information content (AvgIpc) is 3.55. The first-order valence-electron chi connectivity index (χ1n) is 18.7. The molecule has 0 saturated carbocycles. The lowest BCUT2D eigenvalue weighted by molar-refractivity contribution is 0.768. The van der Waals surface area contributed by atoms with Crippen molar-refractivity contribution >= 4 is 27.8 Å². The van der Waals surface area contributed by atoms with Crippen LogP contribution in [0.1, 0.15) is 22.3 Å². The fourth-order valence-corrected chi connectivity index (χ4v) is 8.90. The van der Waals surface area contributed by atoms with E-state index in [0.717, 1.165) is 17.1 Å². The van der Waals surface area contributed by atoms with Crippen molar-refractivity contribution < 1.29 is 0 Å². The van der Waals surface area contributed by atoms with E-state index in [4.69, 9.17) is 0 Å². The maximum Gasteiger partial charge on any atom is 0.0714 e. The molecule has 0 aromatic heterocycles. The van der Waals surface area contributed by atoms with Crippen LogP contribution in [-0.4, -0.2) is 0 Å². The molecule has 1 nitrogen and oxygen atoms in total. The van der Waals surface area contributed by atoms with Crippen LogP contribution < -0.4 is 4.90 Å². The molecule has 10 rings (SSSR count). The predicted octanol–water partition coefficient (Wildman–Crippen LogP) is 14.0. The van der Waals surface area contributed by atoms with E-state index < -0.39 is 5.41 Å². The molecule has 9 aromatic carbocycles. The fraction of sp³-hybridized carbons (Fsp3) is 0.0189. The van der Waals surface area contributed by atoms with E-state index in [1.54, 1.807) is 0 Å². The van der Waals surface area contributed by atoms with E-state index in [1.165, 1.54) is 66.4 Å². The molecular formula is C53H37N. The Kier molecular flexibility index (Phi) is 7.78. The number of fused-ring (bicyclic) bond motifs is 4. The summed E-state index contributed by atoms with van der Waals surface area (Å²) in [6, 6.07) is 82.0. The highest BCUT2D eigenvalue weighted by Crippen LogP contribution is 2.57. The molecule has 0 aliphatic heterocycles. The lowest BCUT2D eigenvalue weighted by Crippen LogP contribution is -2.28. The summed E-state index contributed by atoms with van der Waals surface area (Å²) < 4.78 is 0. The Morgan fingerprint density at radius 3 is 1.52 bits per heavy atom. The summed E-state index contributed by atoms with van der Waals surface area (Å²) >= 11 is 0. The summed E-state index contributed by atoms with van der Waals surface area (Å²) in [4.78, 5) is 2.45. The van der Waals surface area contributed by atoms with Gasteiger partial charge in [0.1, 0.15) is 0 Å². The summed E-state index contributed by atoms with van der Waals surface area (Å²) in [5.41, 5.74) is 15.3. The molecule has 1 aliphatic carbocycles. The van der Waals surface area contributed by atoms with E-state index in [2.05, 4.69) is 229 Å². The van der Waals surface area contributed by atoms with Crippen molar-refractivity contribution in [2.75, 3.05) is 4.90 Å². The highest BCUT2D eigenvalue weighted by atomic mass is 15.1. The number of hydrogen-bond acceptors (Lipinski definition) is 1. The normalized spacial score (nSPS) is 12.6. The number of para-hydroxylation sites is 2. The van der Waals surface area contributed by atoms with Crippen LogP contribution in [0.5, 0.6) is 0 Å². The van der Waals surface area contributed by atoms with Gasteiger partial charge in [0, 0.05) is 16.9 Å². The van der Waals surface area contributed by atoms with Crippen LogP contribution in [0, 0.1) is 0 Å². The van der Waals surface area contributed by atoms with Crippen LogP contribution in [0.25, 0.3) is 44.2 Å². The predicted molar refractivity (Wildman–Crippen MR) is 227 cm³/mol. The van der Waals surface area contributed by atoms with Crippen molar-refractivity contribution in [3.63, 3.8) is 0 Å². The molecular weight excluding hydrogens is 651 g/mol. The second-order valence-electron chi connectivity index (χ2n) is 14.0. The van der Waals surface area contributed by atoms with Crippen LogP contribution in [0.4, 0.5) is 17.1 Å². The second-order valence-corrected chi connectivity index (χ2v) is 14.0. The maximum absolute atomic E-state index is 2.46. The summed E-state index contributed by atoms with van der Waals surface area (Å²) in [6.45, 7) is 0. The minimum absolute atomic E-state index is 0.494. The van der Waals surface area contributed by atoms with E-state index in [0.29, 0.717) is 0 Å². The lowest BCUT2D eigenvalue weighted by Gasteiger charge is -2.35. The lowest BCUT2D eigenvalue weighted by atomic mass is 9.67. The number of rotatable bonds is 7. The quantitative estimate of drug-likeness (QED) is 0.161. The van der Waals surface area contributed by atoms with Crippen LogP contribution in [0.3, 0.4) is 0 Å². The minimum atomic E-state index is -0.494. The summed E-state index contributed by atoms with van der Waals surface area (Å²) in [6.07, 6.45) is 0. The Labute approximate surface area is 317 Å². The monoisotopic (exact) mass is 687 g/mol. The standard InChI is InChI=1S/C53H37N/c1-5-19-38(20-6-1)44-31-17-21-39-22-18-32-48(52(39)44)47-30-14-16-34-51(47)54(42-27-11-4-12-28-42)43-35-36-46-45-29-13-15-33-49(45)53(50(46)37-43,40-23-7-2-8-24-40)41-25-9-3-10-26-41/h1-37H. The molecule has 254 valence electrons. The molecule has 54 heavy (non-hydrogen) atoms. The molecule has 1 aliphatic rings. The van der Waals surface area contributed by atoms with E-state index >= 15 is 0 Å². The Morgan fingerprint density at radius 1 is 0.315 bits per heavy atom. The molecule has 0 N–H and O–H groups in total. The molecule has 0 saturated heterocycles. The number of benzene rings is 9. The molecule has 0 heterocycles. The van der Waals surface area contributed by atoms with Gasteiger partial charge in [0.25, 0.3) is 0 Å². The van der Waals surface area contributed by atoms with E-state index in [1.807, 2.05) is 0 Å². The largest absolute Gasteiger partial charge is 0.310 e. The Morgan fingerprint density at radius 2 is 0.833 bits per heavy atom. The molecule has 0 unspecified atom stereocenters. The molecule has 9 aromatic rings. The Bertz CT molecular complexity index is 2710. The maximum atomic E-state index is 2.46. The minimum Gasteiger partial charge on any atom is -0.310 e. The third-order valence-corrected chi connectivity index (χ3v) is 11.1. The molecule has 0 fully saturated rings. The number of anilines is 3. The molecule has 0 bridgehead atoms. The molecule has 0 atom stereocenters. The fourth-order valence-electron chi connectivity index (χ4n) is 8.90. The van der Waals surface area contributed by atoms with Gasteiger partial charge in [-0.05, 0) is 91.2 Å². The van der Waals surface area contributed by atoms with Crippen molar-refractivity contribution in [2.45, 2.75) is 5.41 Å². The van der Waals surface area contributed by atoms with Crippen LogP contribution in [-0.2, 0) is 5.41 Å². The zero-order valence-electron chi connectivity index (χ0n) is 29.8. The SMILES string of the molecule is c1ccc(-c2cccc3cccc(-c4ccccc4N(c4ccccc4)c4ccc5c(c4)C(c4ccccc4)(c4ccccc4)c4ccccc4-5)c23)cc1. The smallest absolute Gasteiger partial charge is 0.0714 e. The van der Waals surface area contributed by atoms with Crippen LogP contribution in [0.2, 0.25) is 0 Å². The third kappa shape index (κ3) is 5.01. The van der Waals surface area contributed by atoms with Gasteiger partial charge in [0.05, 0.1) is 11.1 Å². The van der Waals surface area contributed by atoms with Gasteiger partial charge >= 0.3 is 0 Å². The van der Waals surface area contributed by atoms with Crippen LogP contribution >= 0.6 is 0 Å². The highest BCUT2D eigenvalue weighted by molar-refractivity contribution is 6.09. The summed E-state index contributed by atoms with van der Waals surface area (Å²) in [5, 5.41) is 2.48. The Hall–Kier alpha value is -6.96. The highest BCUT2D eigenvalue weighted by Gasteiger charge is 2.46. The molecule has 1 heteroatoms. The van der Waals surface area contributed by atoms with Crippen LogP contribution in [0.15, 0.2) is 224 Å². The van der Waals surface area contributed by atoms with Crippen molar-refractivity contribution in [3.8, 4) is 33.4 Å². The number of nitrogens with zero attached hydrogens (tertiary/aromatic N) is 1. The average molecular weight is 688 g/mol. The number of hydrogen-bond donors (Lipinski definition) is 0. The van der Waals surface area contributed by atoms with Gasteiger partial charge in [0.15, 0.2) is 0 Å². The zero-order valence-corrected chi connectivity index (χ0v) is 29.8. The van der Waals surface area contributed by atoms with Crippen molar-refractivity contribution in [3.05, 3.63) is 247 Å². The zero-order chi connectivity index (χ0) is 35.9. The van der Waals surface area contributed by atoms with Gasteiger partial charge in [-0.2, -0.15) is 0 Å². The van der Waals surface area contributed by atoms with Gasteiger partial charge in [0.2, 0.25) is 0 Å². The second kappa shape index (κ2) is 13.2. The summed E-state index contributed by atoms with van der Waals surface area (Å²) in [5.74, 6) is 0. The first kappa shape index (κ1) is 31.7. The van der Waals surface area contributed by atoms with Gasteiger partial charge in [-0.15, -0.1) is 0 Å². The van der Waals surface area contributed by atoms with Crippen molar-refractivity contribution in [2.24, 2.45) is 0 Å². The molecule has 0 radical (unpaired) electrons. The first-order chi connectivity index (χ1) is 26.8. The third-order valence-electron chi connectivity index (χ3n) is 11.1. The van der Waals surface area contributed by atoms with Gasteiger partial charge in [-0.25, -0.2) is 0 Å². The van der Waals surface area contributed by atoms with Gasteiger partial charge < -0.3 is 4.90 Å². The van der Waals surface area contributed by atoms with Crippen molar-refractivity contribution in [1.82, 2.24) is 0 Å². The topological polar surface area (TPSA) is 3.24 Å². The summed E-state index contributed by atoms with van der Waals surface area (Å²) in [7, 11) is 0. The Balaban J connectivity index is 1.25. The van der Waals surface area contributed by atoms with E-state index in [9.17, 15) is 0 Å².